The van der Waals surface area contributed by atoms with Gasteiger partial charge < -0.3 is 19.7 Å². The van der Waals surface area contributed by atoms with E-state index in [-0.39, 0.29) is 22.9 Å². The van der Waals surface area contributed by atoms with Crippen molar-refractivity contribution in [2.45, 2.75) is 32.7 Å². The zero-order valence-electron chi connectivity index (χ0n) is 18.1. The molecule has 0 spiro atoms. The van der Waals surface area contributed by atoms with Crippen LogP contribution in [-0.2, 0) is 20.0 Å². The number of imidazole rings is 1. The molecule has 1 aromatic carbocycles. The molecule has 0 unspecified atom stereocenters. The molecule has 0 amide bonds. The maximum atomic E-state index is 13.2. The summed E-state index contributed by atoms with van der Waals surface area (Å²) in [6.45, 7) is 4.09. The molecular formula is C23H25N5O4. The SMILES string of the molecule is CC#CCn1c(CC2CCNCC2)nc2nc(Oc3cccc(C(=O)O)c3)n(C)c(=O)c21. The average Bonchev–Trinajstić information content (AvgIpc) is 3.13. The van der Waals surface area contributed by atoms with Crippen molar-refractivity contribution in [3.05, 3.63) is 46.0 Å². The summed E-state index contributed by atoms with van der Waals surface area (Å²) in [4.78, 5) is 33.6. The zero-order valence-corrected chi connectivity index (χ0v) is 18.1. The van der Waals surface area contributed by atoms with E-state index in [2.05, 4.69) is 27.1 Å². The summed E-state index contributed by atoms with van der Waals surface area (Å²) >= 11 is 0. The lowest BCUT2D eigenvalue weighted by Gasteiger charge is -2.22. The first-order chi connectivity index (χ1) is 15.5. The molecule has 0 bridgehead atoms. The number of carboxylic acids is 1. The van der Waals surface area contributed by atoms with E-state index < -0.39 is 5.97 Å². The van der Waals surface area contributed by atoms with Gasteiger partial charge in [0.05, 0.1) is 12.1 Å². The van der Waals surface area contributed by atoms with Crippen LogP contribution in [0.3, 0.4) is 0 Å². The lowest BCUT2D eigenvalue weighted by molar-refractivity contribution is 0.0696. The Balaban J connectivity index is 1.76. The molecule has 0 atom stereocenters. The molecule has 0 saturated carbocycles. The number of aromatic carboxylic acids is 1. The summed E-state index contributed by atoms with van der Waals surface area (Å²) in [5.74, 6) is 6.41. The van der Waals surface area contributed by atoms with Crippen molar-refractivity contribution in [1.82, 2.24) is 24.4 Å². The number of fused-ring (bicyclic) bond motifs is 1. The van der Waals surface area contributed by atoms with Crippen LogP contribution in [0.1, 0.15) is 35.9 Å². The number of carbonyl (C=O) groups is 1. The van der Waals surface area contributed by atoms with E-state index in [1.165, 1.54) is 16.7 Å². The number of ether oxygens (including phenoxy) is 1. The fraction of sp³-hybridized carbons (Fsp3) is 0.391. The van der Waals surface area contributed by atoms with Crippen molar-refractivity contribution < 1.29 is 14.6 Å². The second kappa shape index (κ2) is 9.24. The molecule has 1 saturated heterocycles. The fourth-order valence-corrected chi connectivity index (χ4v) is 3.90. The van der Waals surface area contributed by atoms with Gasteiger partial charge in [0.25, 0.3) is 5.56 Å². The van der Waals surface area contributed by atoms with E-state index in [9.17, 15) is 14.7 Å². The zero-order chi connectivity index (χ0) is 22.7. The molecule has 1 aliphatic rings. The first kappa shape index (κ1) is 21.6. The lowest BCUT2D eigenvalue weighted by atomic mass is 9.94. The van der Waals surface area contributed by atoms with Gasteiger partial charge in [-0.1, -0.05) is 12.0 Å². The van der Waals surface area contributed by atoms with Crippen molar-refractivity contribution in [2.24, 2.45) is 13.0 Å². The van der Waals surface area contributed by atoms with Crippen molar-refractivity contribution in [3.63, 3.8) is 0 Å². The quantitative estimate of drug-likeness (QED) is 0.571. The summed E-state index contributed by atoms with van der Waals surface area (Å²) in [5, 5.41) is 12.6. The molecule has 2 aromatic heterocycles. The van der Waals surface area contributed by atoms with Crippen LogP contribution < -0.4 is 15.6 Å². The first-order valence-electron chi connectivity index (χ1n) is 10.6. The third-order valence-corrected chi connectivity index (χ3v) is 5.66. The minimum Gasteiger partial charge on any atom is -0.478 e. The van der Waals surface area contributed by atoms with Gasteiger partial charge in [0.2, 0.25) is 0 Å². The predicted octanol–water partition coefficient (Wildman–Crippen LogP) is 2.19. The van der Waals surface area contributed by atoms with Crippen LogP contribution in [0.25, 0.3) is 11.2 Å². The largest absolute Gasteiger partial charge is 0.478 e. The number of hydrogen-bond donors (Lipinski definition) is 2. The van der Waals surface area contributed by atoms with Gasteiger partial charge >= 0.3 is 12.0 Å². The average molecular weight is 435 g/mol. The Morgan fingerprint density at radius 3 is 2.81 bits per heavy atom. The normalized spacial score (nSPS) is 14.2. The van der Waals surface area contributed by atoms with Gasteiger partial charge in [-0.05, 0) is 57.0 Å². The molecular weight excluding hydrogens is 410 g/mol. The number of aromatic nitrogens is 4. The van der Waals surface area contributed by atoms with Crippen LogP contribution in [0.15, 0.2) is 29.1 Å². The van der Waals surface area contributed by atoms with Gasteiger partial charge in [0.1, 0.15) is 11.6 Å². The number of benzene rings is 1. The van der Waals surface area contributed by atoms with E-state index in [1.54, 1.807) is 26.1 Å². The van der Waals surface area contributed by atoms with Gasteiger partial charge in [0, 0.05) is 13.5 Å². The Morgan fingerprint density at radius 2 is 2.09 bits per heavy atom. The summed E-state index contributed by atoms with van der Waals surface area (Å²) < 4.78 is 8.94. The Hall–Kier alpha value is -3.64. The maximum Gasteiger partial charge on any atom is 0.335 e. The Morgan fingerprint density at radius 1 is 1.31 bits per heavy atom. The smallest absolute Gasteiger partial charge is 0.335 e. The molecule has 9 nitrogen and oxygen atoms in total. The van der Waals surface area contributed by atoms with E-state index in [4.69, 9.17) is 4.74 Å². The molecule has 1 fully saturated rings. The second-order valence-electron chi connectivity index (χ2n) is 7.80. The minimum absolute atomic E-state index is 0.0460. The molecule has 0 aliphatic carbocycles. The van der Waals surface area contributed by atoms with E-state index in [0.29, 0.717) is 23.6 Å². The molecule has 2 N–H and O–H groups in total. The fourth-order valence-electron chi connectivity index (χ4n) is 3.90. The van der Waals surface area contributed by atoms with Crippen LogP contribution in [0.4, 0.5) is 0 Å². The highest BCUT2D eigenvalue weighted by Crippen LogP contribution is 2.24. The summed E-state index contributed by atoms with van der Waals surface area (Å²) in [5.41, 5.74) is 0.492. The summed E-state index contributed by atoms with van der Waals surface area (Å²) in [6, 6.07) is 6.08. The van der Waals surface area contributed by atoms with Gasteiger partial charge in [0.15, 0.2) is 11.2 Å². The highest BCUT2D eigenvalue weighted by molar-refractivity contribution is 5.88. The van der Waals surface area contributed by atoms with Crippen LogP contribution in [0.5, 0.6) is 11.8 Å². The number of rotatable bonds is 6. The van der Waals surface area contributed by atoms with Gasteiger partial charge in [-0.15, -0.1) is 5.92 Å². The topological polar surface area (TPSA) is 111 Å². The van der Waals surface area contributed by atoms with Crippen molar-refractivity contribution in [2.75, 3.05) is 13.1 Å². The standard InChI is InChI=1S/C23H25N5O4/c1-3-4-12-28-18(13-15-8-10-24-11-9-15)25-20-19(28)21(29)27(2)23(26-20)32-17-7-5-6-16(14-17)22(30)31/h5-7,14-15,24H,8-13H2,1-2H3,(H,30,31). The molecule has 32 heavy (non-hydrogen) atoms. The molecule has 3 heterocycles. The van der Waals surface area contributed by atoms with Gasteiger partial charge in [-0.2, -0.15) is 4.98 Å². The Kier molecular flexibility index (Phi) is 6.23. The third-order valence-electron chi connectivity index (χ3n) is 5.66. The van der Waals surface area contributed by atoms with Gasteiger partial charge in [-0.3, -0.25) is 9.36 Å². The third kappa shape index (κ3) is 4.36. The molecule has 166 valence electrons. The van der Waals surface area contributed by atoms with E-state index in [1.807, 2.05) is 4.57 Å². The molecule has 9 heteroatoms. The molecule has 1 aliphatic heterocycles. The van der Waals surface area contributed by atoms with E-state index >= 15 is 0 Å². The monoisotopic (exact) mass is 435 g/mol. The Labute approximate surface area is 185 Å². The number of carboxylic acid groups (broad SMARTS) is 1. The van der Waals surface area contributed by atoms with Crippen LogP contribution >= 0.6 is 0 Å². The maximum absolute atomic E-state index is 13.2. The van der Waals surface area contributed by atoms with Crippen LogP contribution in [-0.4, -0.2) is 43.3 Å². The minimum atomic E-state index is -1.06. The first-order valence-corrected chi connectivity index (χ1v) is 10.6. The molecule has 0 radical (unpaired) electrons. The predicted molar refractivity (Wildman–Crippen MR) is 119 cm³/mol. The van der Waals surface area contributed by atoms with Crippen molar-refractivity contribution in [3.8, 4) is 23.6 Å². The van der Waals surface area contributed by atoms with E-state index in [0.717, 1.165) is 38.2 Å². The van der Waals surface area contributed by atoms with Crippen molar-refractivity contribution in [1.29, 1.82) is 0 Å². The highest BCUT2D eigenvalue weighted by atomic mass is 16.5. The number of piperidine rings is 1. The van der Waals surface area contributed by atoms with Crippen LogP contribution in [0, 0.1) is 17.8 Å². The highest BCUT2D eigenvalue weighted by Gasteiger charge is 2.22. The number of nitrogens with one attached hydrogen (secondary N) is 1. The van der Waals surface area contributed by atoms with Crippen molar-refractivity contribution >= 4 is 17.1 Å². The second-order valence-corrected chi connectivity index (χ2v) is 7.80. The lowest BCUT2D eigenvalue weighted by Crippen LogP contribution is -2.29. The molecule has 3 aromatic rings. The number of nitrogens with zero attached hydrogens (tertiary/aromatic N) is 4. The summed E-state index contributed by atoms with van der Waals surface area (Å²) in [7, 11) is 1.57. The van der Waals surface area contributed by atoms with Gasteiger partial charge in [-0.25, -0.2) is 9.78 Å². The number of hydrogen-bond acceptors (Lipinski definition) is 6. The molecule has 4 rings (SSSR count). The van der Waals surface area contributed by atoms with Crippen LogP contribution in [0.2, 0.25) is 0 Å². The Bertz CT molecular complexity index is 1280. The summed E-state index contributed by atoms with van der Waals surface area (Å²) in [6.07, 6.45) is 2.87.